The third kappa shape index (κ3) is 3.39. The fraction of sp³-hybridized carbons (Fsp3) is 0.294. The molecule has 8 heteroatoms. The molecule has 1 aromatic carbocycles. The summed E-state index contributed by atoms with van der Waals surface area (Å²) in [7, 11) is 0. The second kappa shape index (κ2) is 7.02. The molecule has 3 aromatic rings. The molecule has 4 rings (SSSR count). The lowest BCUT2D eigenvalue weighted by atomic mass is 10.2. The molecule has 0 aliphatic carbocycles. The number of anilines is 1. The first-order chi connectivity index (χ1) is 12.3. The Morgan fingerprint density at radius 1 is 1.28 bits per heavy atom. The van der Waals surface area contributed by atoms with E-state index in [4.69, 9.17) is 0 Å². The van der Waals surface area contributed by atoms with Crippen LogP contribution < -0.4 is 5.32 Å². The van der Waals surface area contributed by atoms with Gasteiger partial charge in [-0.1, -0.05) is 6.07 Å². The molecule has 2 aromatic heterocycles. The molecule has 3 heterocycles. The van der Waals surface area contributed by atoms with Crippen LogP contribution in [0.5, 0.6) is 0 Å². The Kier molecular flexibility index (Phi) is 4.43. The molecule has 1 aliphatic heterocycles. The lowest BCUT2D eigenvalue weighted by Gasteiger charge is -2.24. The molecule has 1 atom stereocenters. The molecule has 128 valence electrons. The largest absolute Gasteiger partial charge is 0.376 e. The number of tetrazole rings is 1. The highest BCUT2D eigenvalue weighted by Crippen LogP contribution is 2.34. The van der Waals surface area contributed by atoms with Gasteiger partial charge in [0.25, 0.3) is 0 Å². The van der Waals surface area contributed by atoms with Crippen LogP contribution in [0.25, 0.3) is 5.69 Å². The average molecular weight is 354 g/mol. The number of hydrogen-bond donors (Lipinski definition) is 1. The number of likely N-dealkylation sites (tertiary alicyclic amines) is 1. The lowest BCUT2D eigenvalue weighted by Crippen LogP contribution is -2.34. The zero-order valence-corrected chi connectivity index (χ0v) is 14.4. The topological polar surface area (TPSA) is 75.9 Å². The summed E-state index contributed by atoms with van der Waals surface area (Å²) < 4.78 is 1.59. The van der Waals surface area contributed by atoms with Crippen LogP contribution in [0, 0.1) is 0 Å². The van der Waals surface area contributed by atoms with Crippen LogP contribution in [0.15, 0.2) is 48.1 Å². The number of rotatable bonds is 5. The van der Waals surface area contributed by atoms with Crippen molar-refractivity contribution in [2.75, 3.05) is 18.4 Å². The van der Waals surface area contributed by atoms with Gasteiger partial charge in [-0.15, -0.1) is 16.4 Å². The highest BCUT2D eigenvalue weighted by atomic mass is 32.1. The van der Waals surface area contributed by atoms with Gasteiger partial charge in [-0.05, 0) is 59.0 Å². The second-order valence-electron chi connectivity index (χ2n) is 5.92. The molecule has 1 N–H and O–H groups in total. The number of thiophene rings is 1. The van der Waals surface area contributed by atoms with E-state index >= 15 is 0 Å². The molecule has 0 radical (unpaired) electrons. The fourth-order valence-corrected chi connectivity index (χ4v) is 4.01. The van der Waals surface area contributed by atoms with Crippen molar-refractivity contribution in [2.24, 2.45) is 0 Å². The van der Waals surface area contributed by atoms with Gasteiger partial charge in [0.15, 0.2) is 0 Å². The number of carbonyl (C=O) groups excluding carboxylic acids is 1. The Morgan fingerprint density at radius 3 is 2.88 bits per heavy atom. The van der Waals surface area contributed by atoms with E-state index in [9.17, 15) is 4.79 Å². The summed E-state index contributed by atoms with van der Waals surface area (Å²) in [5.41, 5.74) is 1.77. The Hall–Kier alpha value is -2.74. The van der Waals surface area contributed by atoms with E-state index in [1.165, 1.54) is 4.88 Å². The van der Waals surface area contributed by atoms with Gasteiger partial charge < -0.3 is 10.2 Å². The first-order valence-corrected chi connectivity index (χ1v) is 9.09. The summed E-state index contributed by atoms with van der Waals surface area (Å²) >= 11 is 1.72. The molecule has 7 nitrogen and oxygen atoms in total. The molecule has 1 unspecified atom stereocenters. The van der Waals surface area contributed by atoms with Crippen LogP contribution in [0.4, 0.5) is 5.69 Å². The Bertz CT molecular complexity index is 815. The van der Waals surface area contributed by atoms with Gasteiger partial charge in [0.05, 0.1) is 18.3 Å². The van der Waals surface area contributed by atoms with Crippen molar-refractivity contribution in [3.8, 4) is 5.69 Å². The Labute approximate surface area is 149 Å². The minimum atomic E-state index is 0.139. The first-order valence-electron chi connectivity index (χ1n) is 8.21. The molecule has 1 fully saturated rings. The number of nitrogens with one attached hydrogen (secondary N) is 1. The molecule has 0 bridgehead atoms. The maximum Gasteiger partial charge on any atom is 0.242 e. The molecular formula is C17H18N6OS. The van der Waals surface area contributed by atoms with Crippen LogP contribution in [-0.4, -0.2) is 44.1 Å². The van der Waals surface area contributed by atoms with Crippen LogP contribution in [-0.2, 0) is 4.79 Å². The minimum absolute atomic E-state index is 0.139. The standard InChI is InChI=1S/C17H18N6OS/c24-17(22-9-1-3-15(22)16-4-2-10-25-16)11-18-13-5-7-14(8-6-13)23-12-19-20-21-23/h2,4-8,10,12,15,18H,1,3,9,11H2. The molecule has 25 heavy (non-hydrogen) atoms. The van der Waals surface area contributed by atoms with Gasteiger partial charge >= 0.3 is 0 Å². The van der Waals surface area contributed by atoms with Crippen molar-refractivity contribution in [1.82, 2.24) is 25.1 Å². The van der Waals surface area contributed by atoms with E-state index in [2.05, 4.69) is 32.3 Å². The smallest absolute Gasteiger partial charge is 0.242 e. The molecule has 1 saturated heterocycles. The van der Waals surface area contributed by atoms with E-state index in [0.29, 0.717) is 6.54 Å². The zero-order chi connectivity index (χ0) is 17.1. The van der Waals surface area contributed by atoms with Crippen molar-refractivity contribution < 1.29 is 4.79 Å². The van der Waals surface area contributed by atoms with Crippen molar-refractivity contribution >= 4 is 22.9 Å². The highest BCUT2D eigenvalue weighted by Gasteiger charge is 2.30. The van der Waals surface area contributed by atoms with Gasteiger partial charge in [-0.25, -0.2) is 4.68 Å². The summed E-state index contributed by atoms with van der Waals surface area (Å²) in [6.45, 7) is 1.13. The van der Waals surface area contributed by atoms with Crippen molar-refractivity contribution in [1.29, 1.82) is 0 Å². The van der Waals surface area contributed by atoms with E-state index < -0.39 is 0 Å². The zero-order valence-electron chi connectivity index (χ0n) is 13.6. The summed E-state index contributed by atoms with van der Waals surface area (Å²) in [5, 5.41) is 16.4. The summed E-state index contributed by atoms with van der Waals surface area (Å²) in [4.78, 5) is 15.9. The van der Waals surface area contributed by atoms with E-state index in [0.717, 1.165) is 30.8 Å². The van der Waals surface area contributed by atoms with Gasteiger partial charge in [-0.2, -0.15) is 0 Å². The third-order valence-electron chi connectivity index (χ3n) is 4.37. The number of aromatic nitrogens is 4. The predicted molar refractivity (Wildman–Crippen MR) is 95.7 cm³/mol. The second-order valence-corrected chi connectivity index (χ2v) is 6.89. The van der Waals surface area contributed by atoms with Crippen LogP contribution >= 0.6 is 11.3 Å². The van der Waals surface area contributed by atoms with Crippen molar-refractivity contribution in [2.45, 2.75) is 18.9 Å². The van der Waals surface area contributed by atoms with Gasteiger partial charge in [0.2, 0.25) is 5.91 Å². The van der Waals surface area contributed by atoms with Crippen LogP contribution in [0.3, 0.4) is 0 Å². The molecule has 0 saturated carbocycles. The number of carbonyl (C=O) groups is 1. The molecule has 1 amide bonds. The number of nitrogens with zero attached hydrogens (tertiary/aromatic N) is 5. The monoisotopic (exact) mass is 354 g/mol. The lowest BCUT2D eigenvalue weighted by molar-refractivity contribution is -0.130. The Morgan fingerprint density at radius 2 is 2.16 bits per heavy atom. The predicted octanol–water partition coefficient (Wildman–Crippen LogP) is 2.50. The molecule has 1 aliphatic rings. The van der Waals surface area contributed by atoms with Gasteiger partial charge in [0.1, 0.15) is 6.33 Å². The maximum atomic E-state index is 12.6. The quantitative estimate of drug-likeness (QED) is 0.762. The minimum Gasteiger partial charge on any atom is -0.376 e. The van der Waals surface area contributed by atoms with Crippen molar-refractivity contribution in [3.05, 3.63) is 53.0 Å². The highest BCUT2D eigenvalue weighted by molar-refractivity contribution is 7.10. The Balaban J connectivity index is 1.37. The van der Waals surface area contributed by atoms with Gasteiger partial charge in [-0.3, -0.25) is 4.79 Å². The summed E-state index contributed by atoms with van der Waals surface area (Å²) in [6.07, 6.45) is 3.66. The van der Waals surface area contributed by atoms with E-state index in [-0.39, 0.29) is 11.9 Å². The number of amides is 1. The fourth-order valence-electron chi connectivity index (χ4n) is 3.13. The SMILES string of the molecule is O=C(CNc1ccc(-n2cnnn2)cc1)N1CCCC1c1cccs1. The average Bonchev–Trinajstić information content (AvgIpc) is 3.41. The number of hydrogen-bond acceptors (Lipinski definition) is 6. The normalized spacial score (nSPS) is 17.0. The van der Waals surface area contributed by atoms with Crippen LogP contribution in [0.2, 0.25) is 0 Å². The molecular weight excluding hydrogens is 336 g/mol. The molecule has 0 spiro atoms. The van der Waals surface area contributed by atoms with Crippen LogP contribution in [0.1, 0.15) is 23.8 Å². The van der Waals surface area contributed by atoms with E-state index in [1.807, 2.05) is 35.2 Å². The summed E-state index contributed by atoms with van der Waals surface area (Å²) in [5.74, 6) is 0.139. The first kappa shape index (κ1) is 15.8. The number of benzene rings is 1. The summed E-state index contributed by atoms with van der Waals surface area (Å²) in [6, 6.07) is 12.1. The van der Waals surface area contributed by atoms with Crippen molar-refractivity contribution in [3.63, 3.8) is 0 Å². The van der Waals surface area contributed by atoms with E-state index in [1.54, 1.807) is 22.3 Å². The third-order valence-corrected chi connectivity index (χ3v) is 5.34. The van der Waals surface area contributed by atoms with Gasteiger partial charge in [0, 0.05) is 17.1 Å². The maximum absolute atomic E-state index is 12.6.